The maximum atomic E-state index is 5.31. The number of hydrogen-bond acceptors (Lipinski definition) is 2. The molecule has 0 atom stereocenters. The van der Waals surface area contributed by atoms with Gasteiger partial charge in [0.15, 0.2) is 0 Å². The van der Waals surface area contributed by atoms with Crippen molar-refractivity contribution >= 4 is 0 Å². The van der Waals surface area contributed by atoms with Gasteiger partial charge in [0.05, 0.1) is 7.11 Å². The van der Waals surface area contributed by atoms with Crippen LogP contribution in [0.15, 0.2) is 18.2 Å². The summed E-state index contributed by atoms with van der Waals surface area (Å²) in [5.74, 6) is 4.01. The van der Waals surface area contributed by atoms with Gasteiger partial charge in [-0.1, -0.05) is 6.07 Å². The molecule has 1 N–H and O–H groups in total. The molecule has 1 aromatic rings. The summed E-state index contributed by atoms with van der Waals surface area (Å²) in [6.07, 6.45) is 8.82. The third kappa shape index (κ3) is 2.48. The highest BCUT2D eigenvalue weighted by Crippen LogP contribution is 2.55. The number of benzene rings is 1. The summed E-state index contributed by atoms with van der Waals surface area (Å²) in [7, 11) is 1.74. The summed E-state index contributed by atoms with van der Waals surface area (Å²) < 4.78 is 5.31. The summed E-state index contributed by atoms with van der Waals surface area (Å²) in [6, 6.07) is 6.46. The molecule has 4 saturated carbocycles. The zero-order valence-corrected chi connectivity index (χ0v) is 13.3. The average Bonchev–Trinajstić information content (AvgIpc) is 2.44. The molecule has 0 spiro atoms. The molecule has 2 heteroatoms. The van der Waals surface area contributed by atoms with Gasteiger partial charge in [0.1, 0.15) is 5.75 Å². The topological polar surface area (TPSA) is 21.3 Å². The van der Waals surface area contributed by atoms with Gasteiger partial charge in [0.2, 0.25) is 0 Å². The van der Waals surface area contributed by atoms with Crippen LogP contribution in [-0.2, 0) is 6.54 Å². The molecule has 0 saturated heterocycles. The molecule has 4 fully saturated rings. The van der Waals surface area contributed by atoms with E-state index in [0.717, 1.165) is 30.0 Å². The predicted molar refractivity (Wildman–Crippen MR) is 85.5 cm³/mol. The number of aryl methyl sites for hydroxylation is 1. The van der Waals surface area contributed by atoms with Gasteiger partial charge in [0.25, 0.3) is 0 Å². The fraction of sp³-hybridized carbons (Fsp3) is 0.684. The minimum absolute atomic E-state index is 0.459. The lowest BCUT2D eigenvalue weighted by Crippen LogP contribution is -2.58. The summed E-state index contributed by atoms with van der Waals surface area (Å²) in [4.78, 5) is 0. The minimum atomic E-state index is 0.459. The third-order valence-electron chi connectivity index (χ3n) is 6.24. The van der Waals surface area contributed by atoms with Crippen LogP contribution in [0.3, 0.4) is 0 Å². The van der Waals surface area contributed by atoms with Crippen LogP contribution >= 0.6 is 0 Å². The Labute approximate surface area is 128 Å². The molecule has 21 heavy (non-hydrogen) atoms. The Hall–Kier alpha value is -1.02. The lowest BCUT2D eigenvalue weighted by molar-refractivity contribution is -0.0206. The number of rotatable bonds is 4. The number of ether oxygens (including phenoxy) is 1. The van der Waals surface area contributed by atoms with Crippen molar-refractivity contribution in [3.63, 3.8) is 0 Å². The molecule has 114 valence electrons. The highest BCUT2D eigenvalue weighted by Gasteiger charge is 2.50. The third-order valence-corrected chi connectivity index (χ3v) is 6.24. The quantitative estimate of drug-likeness (QED) is 0.900. The van der Waals surface area contributed by atoms with Crippen LogP contribution in [0.25, 0.3) is 0 Å². The van der Waals surface area contributed by atoms with Crippen molar-refractivity contribution in [2.45, 2.75) is 57.5 Å². The molecule has 4 aliphatic carbocycles. The first-order valence-electron chi connectivity index (χ1n) is 8.54. The first kappa shape index (κ1) is 13.6. The molecule has 2 nitrogen and oxygen atoms in total. The molecule has 0 heterocycles. The Balaban J connectivity index is 1.47. The van der Waals surface area contributed by atoms with Crippen molar-refractivity contribution in [3.8, 4) is 5.75 Å². The smallest absolute Gasteiger partial charge is 0.119 e. The van der Waals surface area contributed by atoms with Gasteiger partial charge in [-0.25, -0.2) is 0 Å². The van der Waals surface area contributed by atoms with E-state index in [1.165, 1.54) is 49.7 Å². The summed E-state index contributed by atoms with van der Waals surface area (Å²) in [6.45, 7) is 3.21. The van der Waals surface area contributed by atoms with Crippen molar-refractivity contribution in [2.75, 3.05) is 7.11 Å². The SMILES string of the molecule is COc1ccc(CNC23CC4CC(CC(C4)C2)C3)c(C)c1. The van der Waals surface area contributed by atoms with Crippen LogP contribution in [0.2, 0.25) is 0 Å². The number of methoxy groups -OCH3 is 1. The first-order chi connectivity index (χ1) is 10.2. The monoisotopic (exact) mass is 285 g/mol. The maximum Gasteiger partial charge on any atom is 0.119 e. The van der Waals surface area contributed by atoms with Gasteiger partial charge in [-0.05, 0) is 86.5 Å². The summed E-state index contributed by atoms with van der Waals surface area (Å²) >= 11 is 0. The van der Waals surface area contributed by atoms with Crippen LogP contribution in [0.1, 0.15) is 49.7 Å². The van der Waals surface area contributed by atoms with Gasteiger partial charge in [0, 0.05) is 12.1 Å². The van der Waals surface area contributed by atoms with Crippen LogP contribution in [0, 0.1) is 24.7 Å². The molecule has 0 unspecified atom stereocenters. The largest absolute Gasteiger partial charge is 0.497 e. The highest BCUT2D eigenvalue weighted by atomic mass is 16.5. The van der Waals surface area contributed by atoms with Gasteiger partial charge < -0.3 is 10.1 Å². The zero-order chi connectivity index (χ0) is 14.4. The first-order valence-corrected chi connectivity index (χ1v) is 8.54. The molecule has 4 bridgehead atoms. The van der Waals surface area contributed by atoms with Gasteiger partial charge in [-0.3, -0.25) is 0 Å². The standard InChI is InChI=1S/C19H27NO/c1-13-5-18(21-2)4-3-17(13)12-20-19-9-14-6-15(10-19)8-16(7-14)11-19/h3-5,14-16,20H,6-12H2,1-2H3. The highest BCUT2D eigenvalue weighted by molar-refractivity contribution is 5.34. The summed E-state index contributed by atoms with van der Waals surface area (Å²) in [5, 5.41) is 3.98. The molecule has 0 amide bonds. The van der Waals surface area contributed by atoms with Crippen LogP contribution in [0.4, 0.5) is 0 Å². The second kappa shape index (κ2) is 5.01. The van der Waals surface area contributed by atoms with Crippen LogP contribution in [0.5, 0.6) is 5.75 Å². The lowest BCUT2D eigenvalue weighted by atomic mass is 9.53. The van der Waals surface area contributed by atoms with Gasteiger partial charge in [-0.15, -0.1) is 0 Å². The lowest BCUT2D eigenvalue weighted by Gasteiger charge is -2.57. The van der Waals surface area contributed by atoms with Gasteiger partial charge >= 0.3 is 0 Å². The molecular weight excluding hydrogens is 258 g/mol. The van der Waals surface area contributed by atoms with E-state index in [1.807, 2.05) is 0 Å². The average molecular weight is 285 g/mol. The predicted octanol–water partition coefficient (Wildman–Crippen LogP) is 4.06. The van der Waals surface area contributed by atoms with Crippen molar-refractivity contribution in [1.29, 1.82) is 0 Å². The number of hydrogen-bond donors (Lipinski definition) is 1. The second-order valence-corrected chi connectivity index (χ2v) is 7.84. The van der Waals surface area contributed by atoms with Crippen molar-refractivity contribution < 1.29 is 4.74 Å². The van der Waals surface area contributed by atoms with E-state index in [2.05, 4.69) is 30.4 Å². The van der Waals surface area contributed by atoms with Gasteiger partial charge in [-0.2, -0.15) is 0 Å². The van der Waals surface area contributed by atoms with Crippen LogP contribution < -0.4 is 10.1 Å². The molecule has 0 aliphatic heterocycles. The molecule has 4 aliphatic rings. The Bertz CT molecular complexity index is 501. The van der Waals surface area contributed by atoms with E-state index in [0.29, 0.717) is 5.54 Å². The molecular formula is C19H27NO. The van der Waals surface area contributed by atoms with Crippen molar-refractivity contribution in [1.82, 2.24) is 5.32 Å². The number of nitrogens with one attached hydrogen (secondary N) is 1. The normalized spacial score (nSPS) is 37.0. The molecule has 0 aromatic heterocycles. The van der Waals surface area contributed by atoms with Crippen LogP contribution in [-0.4, -0.2) is 12.6 Å². The van der Waals surface area contributed by atoms with E-state index >= 15 is 0 Å². The second-order valence-electron chi connectivity index (χ2n) is 7.84. The maximum absolute atomic E-state index is 5.31. The molecule has 1 aromatic carbocycles. The molecule has 5 rings (SSSR count). The Morgan fingerprint density at radius 2 is 1.71 bits per heavy atom. The Morgan fingerprint density at radius 1 is 1.10 bits per heavy atom. The van der Waals surface area contributed by atoms with E-state index in [1.54, 1.807) is 7.11 Å². The fourth-order valence-corrected chi connectivity index (χ4v) is 5.60. The zero-order valence-electron chi connectivity index (χ0n) is 13.3. The van der Waals surface area contributed by atoms with E-state index in [4.69, 9.17) is 4.74 Å². The fourth-order valence-electron chi connectivity index (χ4n) is 5.60. The Kier molecular flexibility index (Phi) is 3.25. The minimum Gasteiger partial charge on any atom is -0.497 e. The van der Waals surface area contributed by atoms with E-state index in [9.17, 15) is 0 Å². The Morgan fingerprint density at radius 3 is 2.24 bits per heavy atom. The summed E-state index contributed by atoms with van der Waals surface area (Å²) in [5.41, 5.74) is 3.22. The van der Waals surface area contributed by atoms with E-state index < -0.39 is 0 Å². The van der Waals surface area contributed by atoms with Crippen molar-refractivity contribution in [2.24, 2.45) is 17.8 Å². The molecule has 0 radical (unpaired) electrons. The van der Waals surface area contributed by atoms with Crippen molar-refractivity contribution in [3.05, 3.63) is 29.3 Å². The van der Waals surface area contributed by atoms with E-state index in [-0.39, 0.29) is 0 Å².